The van der Waals surface area contributed by atoms with Crippen LogP contribution in [0.4, 0.5) is 0 Å². The molecule has 0 radical (unpaired) electrons. The number of hydrogen-bond donors (Lipinski definition) is 1. The van der Waals surface area contributed by atoms with Crippen LogP contribution in [0.2, 0.25) is 0 Å². The molecule has 128 valence electrons. The number of aryl methyl sites for hydroxylation is 1. The quantitative estimate of drug-likeness (QED) is 0.891. The van der Waals surface area contributed by atoms with E-state index in [1.165, 1.54) is 28.7 Å². The molecular weight excluding hydrogens is 292 g/mol. The van der Waals surface area contributed by atoms with E-state index in [2.05, 4.69) is 79.5 Å². The Kier molecular flexibility index (Phi) is 5.70. The van der Waals surface area contributed by atoms with Crippen molar-refractivity contribution < 1.29 is 0 Å². The van der Waals surface area contributed by atoms with Crippen LogP contribution < -0.4 is 5.32 Å². The summed E-state index contributed by atoms with van der Waals surface area (Å²) in [5.41, 5.74) is 5.65. The van der Waals surface area contributed by atoms with Crippen molar-refractivity contribution in [2.75, 3.05) is 26.2 Å². The first-order chi connectivity index (χ1) is 11.7. The van der Waals surface area contributed by atoms with Gasteiger partial charge in [0, 0.05) is 19.6 Å². The van der Waals surface area contributed by atoms with Crippen molar-refractivity contribution in [1.29, 1.82) is 0 Å². The van der Waals surface area contributed by atoms with E-state index >= 15 is 0 Å². The molecule has 0 bridgehead atoms. The predicted octanol–water partition coefficient (Wildman–Crippen LogP) is 4.50. The predicted molar refractivity (Wildman–Crippen MR) is 103 cm³/mol. The van der Waals surface area contributed by atoms with Crippen molar-refractivity contribution in [1.82, 2.24) is 10.2 Å². The zero-order valence-corrected chi connectivity index (χ0v) is 15.3. The fourth-order valence-electron chi connectivity index (χ4n) is 3.67. The molecule has 1 atom stereocenters. The normalized spacial score (nSPS) is 17.7. The number of rotatable bonds is 4. The van der Waals surface area contributed by atoms with Gasteiger partial charge in [-0.15, -0.1) is 0 Å². The highest BCUT2D eigenvalue weighted by Crippen LogP contribution is 2.32. The Bertz CT molecular complexity index is 637. The highest BCUT2D eigenvalue weighted by atomic mass is 15.2. The largest absolute Gasteiger partial charge is 0.315 e. The SMILES string of the molecule is Cc1ccccc1C(c1ccc(C(C)C)cc1)N1CCCNCC1. The van der Waals surface area contributed by atoms with Gasteiger partial charge in [0.2, 0.25) is 0 Å². The summed E-state index contributed by atoms with van der Waals surface area (Å²) in [5, 5.41) is 3.53. The van der Waals surface area contributed by atoms with Gasteiger partial charge >= 0.3 is 0 Å². The second kappa shape index (κ2) is 7.96. The van der Waals surface area contributed by atoms with E-state index in [1.807, 2.05) is 0 Å². The van der Waals surface area contributed by atoms with Gasteiger partial charge in [-0.1, -0.05) is 62.4 Å². The Balaban J connectivity index is 1.99. The summed E-state index contributed by atoms with van der Waals surface area (Å²) in [6.45, 7) is 11.2. The van der Waals surface area contributed by atoms with Crippen molar-refractivity contribution in [3.8, 4) is 0 Å². The lowest BCUT2D eigenvalue weighted by atomic mass is 9.91. The summed E-state index contributed by atoms with van der Waals surface area (Å²) in [7, 11) is 0. The van der Waals surface area contributed by atoms with Gasteiger partial charge < -0.3 is 5.32 Å². The van der Waals surface area contributed by atoms with E-state index in [4.69, 9.17) is 0 Å². The molecule has 0 spiro atoms. The van der Waals surface area contributed by atoms with Crippen LogP contribution in [-0.2, 0) is 0 Å². The van der Waals surface area contributed by atoms with E-state index in [9.17, 15) is 0 Å². The maximum atomic E-state index is 3.53. The lowest BCUT2D eigenvalue weighted by Crippen LogP contribution is -2.33. The standard InChI is InChI=1S/C22H30N2/c1-17(2)19-9-11-20(12-10-19)22(21-8-5-4-7-18(21)3)24-15-6-13-23-14-16-24/h4-5,7-12,17,22-23H,6,13-16H2,1-3H3. The molecule has 0 aromatic heterocycles. The van der Waals surface area contributed by atoms with Crippen molar-refractivity contribution in [2.45, 2.75) is 39.2 Å². The first-order valence-corrected chi connectivity index (χ1v) is 9.27. The Morgan fingerprint density at radius 1 is 0.875 bits per heavy atom. The Morgan fingerprint density at radius 2 is 1.58 bits per heavy atom. The Hall–Kier alpha value is -1.64. The van der Waals surface area contributed by atoms with Crippen LogP contribution in [0.25, 0.3) is 0 Å². The molecule has 1 saturated heterocycles. The Morgan fingerprint density at radius 3 is 2.29 bits per heavy atom. The molecule has 2 aromatic rings. The first kappa shape index (κ1) is 17.2. The zero-order chi connectivity index (χ0) is 16.9. The average molecular weight is 322 g/mol. The molecule has 1 aliphatic heterocycles. The molecule has 0 saturated carbocycles. The molecule has 24 heavy (non-hydrogen) atoms. The Labute approximate surface area is 146 Å². The number of nitrogens with zero attached hydrogens (tertiary/aromatic N) is 1. The van der Waals surface area contributed by atoms with E-state index in [-0.39, 0.29) is 0 Å². The van der Waals surface area contributed by atoms with E-state index in [0.717, 1.165) is 26.2 Å². The molecule has 1 N–H and O–H groups in total. The molecule has 2 heteroatoms. The number of benzene rings is 2. The first-order valence-electron chi connectivity index (χ1n) is 9.27. The van der Waals surface area contributed by atoms with Gasteiger partial charge in [-0.3, -0.25) is 4.90 Å². The molecular formula is C22H30N2. The molecule has 3 rings (SSSR count). The van der Waals surface area contributed by atoms with Crippen molar-refractivity contribution in [3.63, 3.8) is 0 Å². The van der Waals surface area contributed by atoms with Gasteiger partial charge in [0.05, 0.1) is 6.04 Å². The molecule has 1 fully saturated rings. The molecule has 2 aromatic carbocycles. The van der Waals surface area contributed by atoms with Gasteiger partial charge in [0.25, 0.3) is 0 Å². The average Bonchev–Trinajstić information content (AvgIpc) is 2.87. The highest BCUT2D eigenvalue weighted by molar-refractivity contribution is 5.38. The molecule has 1 heterocycles. The summed E-state index contributed by atoms with van der Waals surface area (Å²) in [6, 6.07) is 18.5. The fraction of sp³-hybridized carbons (Fsp3) is 0.455. The smallest absolute Gasteiger partial charge is 0.0604 e. The third-order valence-electron chi connectivity index (χ3n) is 5.14. The van der Waals surface area contributed by atoms with Crippen LogP contribution in [-0.4, -0.2) is 31.1 Å². The van der Waals surface area contributed by atoms with Crippen LogP contribution in [0.3, 0.4) is 0 Å². The summed E-state index contributed by atoms with van der Waals surface area (Å²) in [4.78, 5) is 2.65. The monoisotopic (exact) mass is 322 g/mol. The molecule has 0 aliphatic carbocycles. The van der Waals surface area contributed by atoms with Gasteiger partial charge in [0.1, 0.15) is 0 Å². The number of nitrogens with one attached hydrogen (secondary N) is 1. The third-order valence-corrected chi connectivity index (χ3v) is 5.14. The minimum Gasteiger partial charge on any atom is -0.315 e. The summed E-state index contributed by atoms with van der Waals surface area (Å²) < 4.78 is 0. The maximum absolute atomic E-state index is 3.53. The molecule has 2 nitrogen and oxygen atoms in total. The van der Waals surface area contributed by atoms with E-state index in [0.29, 0.717) is 12.0 Å². The van der Waals surface area contributed by atoms with Crippen LogP contribution in [0.15, 0.2) is 48.5 Å². The second-order valence-electron chi connectivity index (χ2n) is 7.22. The highest BCUT2D eigenvalue weighted by Gasteiger charge is 2.24. The lowest BCUT2D eigenvalue weighted by molar-refractivity contribution is 0.240. The van der Waals surface area contributed by atoms with Crippen LogP contribution in [0.1, 0.15) is 54.5 Å². The fourth-order valence-corrected chi connectivity index (χ4v) is 3.67. The zero-order valence-electron chi connectivity index (χ0n) is 15.3. The second-order valence-corrected chi connectivity index (χ2v) is 7.22. The summed E-state index contributed by atoms with van der Waals surface area (Å²) in [5.74, 6) is 0.582. The van der Waals surface area contributed by atoms with Crippen LogP contribution in [0.5, 0.6) is 0 Å². The van der Waals surface area contributed by atoms with E-state index in [1.54, 1.807) is 0 Å². The maximum Gasteiger partial charge on any atom is 0.0604 e. The van der Waals surface area contributed by atoms with Gasteiger partial charge in [0.15, 0.2) is 0 Å². The van der Waals surface area contributed by atoms with Gasteiger partial charge in [-0.2, -0.15) is 0 Å². The molecule has 0 amide bonds. The van der Waals surface area contributed by atoms with Crippen molar-refractivity contribution >= 4 is 0 Å². The summed E-state index contributed by atoms with van der Waals surface area (Å²) in [6.07, 6.45) is 1.21. The minimum atomic E-state index is 0.354. The minimum absolute atomic E-state index is 0.354. The van der Waals surface area contributed by atoms with Gasteiger partial charge in [-0.25, -0.2) is 0 Å². The number of hydrogen-bond acceptors (Lipinski definition) is 2. The van der Waals surface area contributed by atoms with Crippen LogP contribution in [0, 0.1) is 6.92 Å². The topological polar surface area (TPSA) is 15.3 Å². The van der Waals surface area contributed by atoms with Crippen molar-refractivity contribution in [3.05, 3.63) is 70.8 Å². The van der Waals surface area contributed by atoms with Crippen LogP contribution >= 0.6 is 0 Å². The lowest BCUT2D eigenvalue weighted by Gasteiger charge is -2.32. The van der Waals surface area contributed by atoms with Crippen molar-refractivity contribution in [2.24, 2.45) is 0 Å². The third kappa shape index (κ3) is 3.88. The molecule has 1 aliphatic rings. The van der Waals surface area contributed by atoms with E-state index < -0.39 is 0 Å². The summed E-state index contributed by atoms with van der Waals surface area (Å²) >= 11 is 0. The van der Waals surface area contributed by atoms with Gasteiger partial charge in [-0.05, 0) is 48.1 Å². The molecule has 1 unspecified atom stereocenters.